The lowest BCUT2D eigenvalue weighted by Gasteiger charge is -2.03. The van der Waals surface area contributed by atoms with Gasteiger partial charge >= 0.3 is 0 Å². The van der Waals surface area contributed by atoms with Gasteiger partial charge in [0.15, 0.2) is 12.0 Å². The molecule has 3 nitrogen and oxygen atoms in total. The molecule has 4 heteroatoms. The summed E-state index contributed by atoms with van der Waals surface area (Å²) in [5.41, 5.74) is 1.13. The molecule has 3 aromatic rings. The number of hydrogen-bond donors (Lipinski definition) is 0. The van der Waals surface area contributed by atoms with Gasteiger partial charge in [-0.25, -0.2) is 0 Å². The van der Waals surface area contributed by atoms with Crippen molar-refractivity contribution in [3.63, 3.8) is 0 Å². The molecule has 0 saturated carbocycles. The summed E-state index contributed by atoms with van der Waals surface area (Å²) in [5.74, 6) is 1.14. The third-order valence-electron chi connectivity index (χ3n) is 2.86. The van der Waals surface area contributed by atoms with E-state index in [0.717, 1.165) is 15.7 Å². The second-order valence-electron chi connectivity index (χ2n) is 4.07. The Kier molecular flexibility index (Phi) is 2.80. The third kappa shape index (κ3) is 1.99. The maximum absolute atomic E-state index is 10.6. The number of carbonyl (C=O) groups is 1. The molecule has 0 saturated heterocycles. The Hall–Kier alpha value is -1.81. The molecule has 0 N–H and O–H groups in total. The fourth-order valence-electron chi connectivity index (χ4n) is 2.01. The predicted octanol–water partition coefficient (Wildman–Crippen LogP) is 3.86. The SMILES string of the molecule is O=Cc1ccc(Cn2ccc3ccc(Br)cc32)o1. The van der Waals surface area contributed by atoms with Crippen LogP contribution in [0.1, 0.15) is 16.3 Å². The molecule has 90 valence electrons. The molecule has 0 fully saturated rings. The van der Waals surface area contributed by atoms with E-state index < -0.39 is 0 Å². The summed E-state index contributed by atoms with van der Waals surface area (Å²) in [4.78, 5) is 10.6. The molecular formula is C14H10BrNO2. The van der Waals surface area contributed by atoms with Crippen LogP contribution in [0.25, 0.3) is 10.9 Å². The van der Waals surface area contributed by atoms with Gasteiger partial charge < -0.3 is 8.98 Å². The van der Waals surface area contributed by atoms with Crippen molar-refractivity contribution in [3.05, 3.63) is 58.6 Å². The van der Waals surface area contributed by atoms with E-state index in [1.807, 2.05) is 18.3 Å². The minimum Gasteiger partial charge on any atom is -0.456 e. The van der Waals surface area contributed by atoms with Crippen LogP contribution < -0.4 is 0 Å². The molecule has 2 aromatic heterocycles. The van der Waals surface area contributed by atoms with E-state index in [4.69, 9.17) is 4.42 Å². The van der Waals surface area contributed by atoms with Crippen molar-refractivity contribution in [1.29, 1.82) is 0 Å². The van der Waals surface area contributed by atoms with Crippen molar-refractivity contribution < 1.29 is 9.21 Å². The lowest BCUT2D eigenvalue weighted by atomic mass is 10.2. The smallest absolute Gasteiger partial charge is 0.185 e. The van der Waals surface area contributed by atoms with Crippen molar-refractivity contribution in [3.8, 4) is 0 Å². The maximum atomic E-state index is 10.6. The monoisotopic (exact) mass is 303 g/mol. The van der Waals surface area contributed by atoms with E-state index in [1.165, 1.54) is 5.39 Å². The van der Waals surface area contributed by atoms with Gasteiger partial charge in [-0.2, -0.15) is 0 Å². The van der Waals surface area contributed by atoms with Crippen LogP contribution in [-0.2, 0) is 6.54 Å². The number of fused-ring (bicyclic) bond motifs is 1. The largest absolute Gasteiger partial charge is 0.456 e. The van der Waals surface area contributed by atoms with E-state index >= 15 is 0 Å². The molecule has 0 aliphatic carbocycles. The molecule has 0 atom stereocenters. The zero-order valence-electron chi connectivity index (χ0n) is 9.47. The first-order chi connectivity index (χ1) is 8.76. The van der Waals surface area contributed by atoms with Crippen LogP contribution in [0, 0.1) is 0 Å². The number of benzene rings is 1. The molecule has 0 radical (unpaired) electrons. The highest BCUT2D eigenvalue weighted by atomic mass is 79.9. The van der Waals surface area contributed by atoms with Crippen LogP contribution in [-0.4, -0.2) is 10.9 Å². The van der Waals surface area contributed by atoms with Crippen LogP contribution in [0.5, 0.6) is 0 Å². The van der Waals surface area contributed by atoms with Crippen LogP contribution in [0.2, 0.25) is 0 Å². The normalized spacial score (nSPS) is 10.9. The third-order valence-corrected chi connectivity index (χ3v) is 3.35. The first-order valence-corrected chi connectivity index (χ1v) is 6.34. The summed E-state index contributed by atoms with van der Waals surface area (Å²) < 4.78 is 8.52. The molecule has 0 unspecified atom stereocenters. The van der Waals surface area contributed by atoms with Gasteiger partial charge in [0.25, 0.3) is 0 Å². The number of aldehydes is 1. The molecule has 3 rings (SSSR count). The molecule has 18 heavy (non-hydrogen) atoms. The average Bonchev–Trinajstić information content (AvgIpc) is 2.97. The molecular weight excluding hydrogens is 294 g/mol. The number of aromatic nitrogens is 1. The van der Waals surface area contributed by atoms with Gasteiger partial charge in [0.1, 0.15) is 5.76 Å². The molecule has 2 heterocycles. The van der Waals surface area contributed by atoms with E-state index in [1.54, 1.807) is 6.07 Å². The van der Waals surface area contributed by atoms with Crippen LogP contribution in [0.15, 0.2) is 51.5 Å². The van der Waals surface area contributed by atoms with Gasteiger partial charge in [-0.05, 0) is 35.7 Å². The lowest BCUT2D eigenvalue weighted by Crippen LogP contribution is -1.96. The number of rotatable bonds is 3. The minimum atomic E-state index is 0.364. The number of carbonyl (C=O) groups excluding carboxylic acids is 1. The second-order valence-corrected chi connectivity index (χ2v) is 4.98. The van der Waals surface area contributed by atoms with Gasteiger partial charge in [-0.1, -0.05) is 22.0 Å². The Morgan fingerprint density at radius 1 is 1.22 bits per heavy atom. The maximum Gasteiger partial charge on any atom is 0.185 e. The van der Waals surface area contributed by atoms with Crippen LogP contribution >= 0.6 is 15.9 Å². The summed E-state index contributed by atoms with van der Waals surface area (Å²) in [5, 5.41) is 1.18. The number of furan rings is 1. The van der Waals surface area contributed by atoms with Crippen LogP contribution in [0.3, 0.4) is 0 Å². The Labute approximate surface area is 112 Å². The molecule has 1 aromatic carbocycles. The number of hydrogen-bond acceptors (Lipinski definition) is 2. The van der Waals surface area contributed by atoms with Gasteiger partial charge in [0, 0.05) is 16.2 Å². The lowest BCUT2D eigenvalue weighted by molar-refractivity contribution is 0.109. The van der Waals surface area contributed by atoms with Crippen molar-refractivity contribution in [2.24, 2.45) is 0 Å². The molecule has 0 bridgehead atoms. The first kappa shape index (κ1) is 11.3. The van der Waals surface area contributed by atoms with E-state index in [2.05, 4.69) is 38.7 Å². The van der Waals surface area contributed by atoms with Crippen LogP contribution in [0.4, 0.5) is 0 Å². The minimum absolute atomic E-state index is 0.364. The molecule has 0 aliphatic heterocycles. The molecule has 0 aliphatic rings. The van der Waals surface area contributed by atoms with Gasteiger partial charge in [-0.15, -0.1) is 0 Å². The number of halogens is 1. The predicted molar refractivity (Wildman–Crippen MR) is 72.8 cm³/mol. The van der Waals surface area contributed by atoms with Gasteiger partial charge in [0.05, 0.1) is 6.54 Å². The van der Waals surface area contributed by atoms with Crippen molar-refractivity contribution in [2.45, 2.75) is 6.54 Å². The van der Waals surface area contributed by atoms with E-state index in [9.17, 15) is 4.79 Å². The Morgan fingerprint density at radius 3 is 2.89 bits per heavy atom. The highest BCUT2D eigenvalue weighted by Crippen LogP contribution is 2.22. The average molecular weight is 304 g/mol. The summed E-state index contributed by atoms with van der Waals surface area (Å²) in [6.07, 6.45) is 2.73. The Morgan fingerprint density at radius 2 is 2.11 bits per heavy atom. The van der Waals surface area contributed by atoms with Gasteiger partial charge in [-0.3, -0.25) is 4.79 Å². The summed E-state index contributed by atoms with van der Waals surface area (Å²) in [6.45, 7) is 0.619. The Bertz CT molecular complexity index is 711. The van der Waals surface area contributed by atoms with Gasteiger partial charge in [0.2, 0.25) is 0 Å². The summed E-state index contributed by atoms with van der Waals surface area (Å²) in [7, 11) is 0. The van der Waals surface area contributed by atoms with E-state index in [-0.39, 0.29) is 0 Å². The van der Waals surface area contributed by atoms with Crippen molar-refractivity contribution in [1.82, 2.24) is 4.57 Å². The standard InChI is InChI=1S/C14H10BrNO2/c15-11-2-1-10-5-6-16(14(10)7-11)8-12-3-4-13(9-17)18-12/h1-7,9H,8H2. The molecule has 0 amide bonds. The topological polar surface area (TPSA) is 35.1 Å². The summed E-state index contributed by atoms with van der Waals surface area (Å²) in [6, 6.07) is 11.7. The highest BCUT2D eigenvalue weighted by molar-refractivity contribution is 9.10. The quantitative estimate of drug-likeness (QED) is 0.689. The number of nitrogens with zero attached hydrogens (tertiary/aromatic N) is 1. The fourth-order valence-corrected chi connectivity index (χ4v) is 2.35. The summed E-state index contributed by atoms with van der Waals surface area (Å²) >= 11 is 3.47. The van der Waals surface area contributed by atoms with E-state index in [0.29, 0.717) is 18.6 Å². The van der Waals surface area contributed by atoms with Crippen molar-refractivity contribution >= 4 is 33.1 Å². The van der Waals surface area contributed by atoms with Crippen molar-refractivity contribution in [2.75, 3.05) is 0 Å². The first-order valence-electron chi connectivity index (χ1n) is 5.54. The highest BCUT2D eigenvalue weighted by Gasteiger charge is 2.05. The zero-order valence-corrected chi connectivity index (χ0v) is 11.1. The Balaban J connectivity index is 1.99. The fraction of sp³-hybridized carbons (Fsp3) is 0.0714. The zero-order chi connectivity index (χ0) is 12.5. The molecule has 0 spiro atoms. The second kappa shape index (κ2) is 4.46.